The molecule has 6 nitrogen and oxygen atoms in total. The zero-order valence-corrected chi connectivity index (χ0v) is 13.7. The maximum absolute atomic E-state index is 13.9. The molecule has 0 saturated carbocycles. The van der Waals surface area contributed by atoms with Crippen LogP contribution in [0.25, 0.3) is 16.6 Å². The Morgan fingerprint density at radius 1 is 1.24 bits per heavy atom. The van der Waals surface area contributed by atoms with E-state index in [1.54, 1.807) is 30.4 Å². The normalized spacial score (nSPS) is 12.6. The molecule has 0 aliphatic rings. The summed E-state index contributed by atoms with van der Waals surface area (Å²) in [5.74, 6) is -0.214. The van der Waals surface area contributed by atoms with Crippen LogP contribution >= 0.6 is 0 Å². The van der Waals surface area contributed by atoms with Gasteiger partial charge in [0.25, 0.3) is 5.91 Å². The molecule has 3 heterocycles. The van der Waals surface area contributed by atoms with E-state index in [1.165, 1.54) is 6.07 Å². The third kappa shape index (κ3) is 2.44. The average molecular weight is 338 g/mol. The maximum atomic E-state index is 13.9. The topological polar surface area (TPSA) is 72.4 Å². The number of aryl methyl sites for hydroxylation is 1. The molecule has 1 atom stereocenters. The van der Waals surface area contributed by atoms with Crippen molar-refractivity contribution in [2.24, 2.45) is 0 Å². The number of pyridine rings is 1. The van der Waals surface area contributed by atoms with Gasteiger partial charge >= 0.3 is 0 Å². The van der Waals surface area contributed by atoms with E-state index in [0.717, 1.165) is 0 Å². The van der Waals surface area contributed by atoms with E-state index >= 15 is 0 Å². The molecule has 0 unspecified atom stereocenters. The predicted octanol–water partition coefficient (Wildman–Crippen LogP) is 3.41. The molecule has 4 aromatic rings. The van der Waals surface area contributed by atoms with Crippen molar-refractivity contribution >= 4 is 22.5 Å². The zero-order chi connectivity index (χ0) is 17.6. The molecule has 0 radical (unpaired) electrons. The summed E-state index contributed by atoms with van der Waals surface area (Å²) >= 11 is 0. The lowest BCUT2D eigenvalue weighted by Crippen LogP contribution is -2.28. The smallest absolute Gasteiger partial charge is 0.287 e. The highest BCUT2D eigenvalue weighted by atomic mass is 19.1. The van der Waals surface area contributed by atoms with Crippen LogP contribution in [0, 0.1) is 12.7 Å². The minimum Gasteiger partial charge on any atom is -0.448 e. The first kappa shape index (κ1) is 15.3. The third-order valence-electron chi connectivity index (χ3n) is 4.20. The fourth-order valence-corrected chi connectivity index (χ4v) is 2.91. The van der Waals surface area contributed by atoms with E-state index in [9.17, 15) is 9.18 Å². The van der Waals surface area contributed by atoms with Crippen LogP contribution < -0.4 is 5.32 Å². The first-order valence-corrected chi connectivity index (χ1v) is 7.84. The Hall–Kier alpha value is -3.22. The number of para-hydroxylation sites is 1. The highest BCUT2D eigenvalue weighted by Crippen LogP contribution is 2.27. The van der Waals surface area contributed by atoms with Crippen LogP contribution in [0.5, 0.6) is 0 Å². The molecular weight excluding hydrogens is 323 g/mol. The van der Waals surface area contributed by atoms with Crippen LogP contribution in [0.2, 0.25) is 0 Å². The molecule has 25 heavy (non-hydrogen) atoms. The Balaban J connectivity index is 1.66. The Morgan fingerprint density at radius 2 is 2.08 bits per heavy atom. The maximum Gasteiger partial charge on any atom is 0.287 e. The zero-order valence-electron chi connectivity index (χ0n) is 13.7. The Labute approximate surface area is 142 Å². The van der Waals surface area contributed by atoms with Gasteiger partial charge in [-0.15, -0.1) is 10.2 Å². The number of amides is 1. The van der Waals surface area contributed by atoms with Crippen molar-refractivity contribution in [3.63, 3.8) is 0 Å². The first-order chi connectivity index (χ1) is 12.1. The van der Waals surface area contributed by atoms with Gasteiger partial charge in [0.2, 0.25) is 0 Å². The fourth-order valence-electron chi connectivity index (χ4n) is 2.91. The number of fused-ring (bicyclic) bond motifs is 2. The molecule has 1 aromatic carbocycles. The van der Waals surface area contributed by atoms with Crippen molar-refractivity contribution in [2.75, 3.05) is 0 Å². The van der Waals surface area contributed by atoms with Crippen LogP contribution in [0.1, 0.15) is 34.9 Å². The van der Waals surface area contributed by atoms with Crippen LogP contribution in [-0.4, -0.2) is 20.5 Å². The first-order valence-electron chi connectivity index (χ1n) is 7.84. The van der Waals surface area contributed by atoms with Crippen molar-refractivity contribution in [3.05, 3.63) is 65.6 Å². The molecule has 126 valence electrons. The summed E-state index contributed by atoms with van der Waals surface area (Å²) in [5.41, 5.74) is 1.39. The third-order valence-corrected chi connectivity index (χ3v) is 4.20. The number of benzene rings is 1. The van der Waals surface area contributed by atoms with E-state index in [-0.39, 0.29) is 11.3 Å². The van der Waals surface area contributed by atoms with Gasteiger partial charge in [-0.3, -0.25) is 9.20 Å². The summed E-state index contributed by atoms with van der Waals surface area (Å²) in [6, 6.07) is 9.78. The fraction of sp³-hybridized carbons (Fsp3) is 0.167. The van der Waals surface area contributed by atoms with Crippen molar-refractivity contribution in [1.82, 2.24) is 19.9 Å². The number of hydrogen-bond acceptors (Lipinski definition) is 4. The lowest BCUT2D eigenvalue weighted by Gasteiger charge is -2.11. The van der Waals surface area contributed by atoms with Gasteiger partial charge in [0.05, 0.1) is 6.04 Å². The van der Waals surface area contributed by atoms with Crippen molar-refractivity contribution in [3.8, 4) is 0 Å². The van der Waals surface area contributed by atoms with Crippen LogP contribution in [0.15, 0.2) is 47.0 Å². The number of carbonyl (C=O) groups is 1. The summed E-state index contributed by atoms with van der Waals surface area (Å²) in [6.45, 7) is 3.54. The van der Waals surface area contributed by atoms with Gasteiger partial charge in [-0.25, -0.2) is 4.39 Å². The van der Waals surface area contributed by atoms with Crippen molar-refractivity contribution < 1.29 is 13.6 Å². The van der Waals surface area contributed by atoms with Crippen LogP contribution in [0.4, 0.5) is 4.39 Å². The number of aromatic nitrogens is 3. The lowest BCUT2D eigenvalue weighted by atomic mass is 10.1. The number of carbonyl (C=O) groups excluding carboxylic acids is 1. The largest absolute Gasteiger partial charge is 0.448 e. The minimum atomic E-state index is -0.490. The molecule has 7 heteroatoms. The summed E-state index contributed by atoms with van der Waals surface area (Å²) < 4.78 is 21.1. The van der Waals surface area contributed by atoms with Crippen molar-refractivity contribution in [2.45, 2.75) is 19.9 Å². The molecule has 0 aliphatic heterocycles. The second-order valence-electron chi connectivity index (χ2n) is 5.85. The molecule has 0 aliphatic carbocycles. The van der Waals surface area contributed by atoms with Crippen LogP contribution in [0.3, 0.4) is 0 Å². The molecule has 0 fully saturated rings. The van der Waals surface area contributed by atoms with E-state index < -0.39 is 17.8 Å². The second-order valence-corrected chi connectivity index (χ2v) is 5.85. The minimum absolute atomic E-state index is 0.0886. The van der Waals surface area contributed by atoms with Gasteiger partial charge in [-0.1, -0.05) is 18.2 Å². The number of hydrogen-bond donors (Lipinski definition) is 1. The highest BCUT2D eigenvalue weighted by Gasteiger charge is 2.22. The lowest BCUT2D eigenvalue weighted by molar-refractivity contribution is 0.0911. The second kappa shape index (κ2) is 5.70. The van der Waals surface area contributed by atoms with Gasteiger partial charge in [-0.2, -0.15) is 0 Å². The van der Waals surface area contributed by atoms with Gasteiger partial charge in [0.1, 0.15) is 0 Å². The molecule has 1 N–H and O–H groups in total. The van der Waals surface area contributed by atoms with Gasteiger partial charge in [0, 0.05) is 17.1 Å². The van der Waals surface area contributed by atoms with Gasteiger partial charge < -0.3 is 9.73 Å². The Morgan fingerprint density at radius 3 is 2.88 bits per heavy atom. The van der Waals surface area contributed by atoms with Gasteiger partial charge in [0.15, 0.2) is 28.6 Å². The van der Waals surface area contributed by atoms with E-state index in [1.807, 2.05) is 24.4 Å². The summed E-state index contributed by atoms with van der Waals surface area (Å²) in [4.78, 5) is 12.6. The number of furan rings is 1. The van der Waals surface area contributed by atoms with E-state index in [2.05, 4.69) is 15.5 Å². The van der Waals surface area contributed by atoms with E-state index in [4.69, 9.17) is 4.42 Å². The standard InChI is InChI=1S/C18H15FN4O2/c1-10-12-6-5-7-13(19)16(12)25-15(10)18(24)20-11(2)17-22-21-14-8-3-4-9-23(14)17/h3-9,11H,1-2H3,(H,20,24)/t11-/m1/s1. The van der Waals surface area contributed by atoms with Gasteiger partial charge in [-0.05, 0) is 32.0 Å². The molecule has 3 aromatic heterocycles. The van der Waals surface area contributed by atoms with Crippen molar-refractivity contribution in [1.29, 1.82) is 0 Å². The Kier molecular flexibility index (Phi) is 3.49. The average Bonchev–Trinajstić information content (AvgIpc) is 3.18. The molecule has 1 amide bonds. The Bertz CT molecular complexity index is 1100. The van der Waals surface area contributed by atoms with Crippen LogP contribution in [-0.2, 0) is 0 Å². The number of halogens is 1. The number of nitrogens with one attached hydrogen (secondary N) is 1. The molecule has 0 spiro atoms. The quantitative estimate of drug-likeness (QED) is 0.621. The number of nitrogens with zero attached hydrogens (tertiary/aromatic N) is 3. The van der Waals surface area contributed by atoms with E-state index in [0.29, 0.717) is 22.4 Å². The number of rotatable bonds is 3. The summed E-state index contributed by atoms with van der Waals surface area (Å²) in [5, 5.41) is 11.6. The summed E-state index contributed by atoms with van der Waals surface area (Å²) in [6.07, 6.45) is 1.83. The SMILES string of the molecule is Cc1c(C(=O)N[C@H](C)c2nnc3ccccn23)oc2c(F)cccc12. The monoisotopic (exact) mass is 338 g/mol. The summed E-state index contributed by atoms with van der Waals surface area (Å²) in [7, 11) is 0. The molecular formula is C18H15FN4O2. The molecule has 0 bridgehead atoms. The molecule has 0 saturated heterocycles. The molecule has 4 rings (SSSR count). The predicted molar refractivity (Wildman–Crippen MR) is 89.8 cm³/mol. The highest BCUT2D eigenvalue weighted by molar-refractivity contribution is 5.99.